The number of fused-ring (bicyclic) bond motifs is 1. The quantitative estimate of drug-likeness (QED) is 0.943. The van der Waals surface area contributed by atoms with Crippen LogP contribution in [0.4, 0.5) is 0 Å². The zero-order valence-corrected chi connectivity index (χ0v) is 12.5. The SMILES string of the molecule is CC(C)N1CCCCC1c1ncc2ccc(C(=O)O)cn12. The zero-order chi connectivity index (χ0) is 15.0. The summed E-state index contributed by atoms with van der Waals surface area (Å²) in [6, 6.07) is 4.18. The number of carbonyl (C=O) groups is 1. The van der Waals surface area contributed by atoms with E-state index in [0.29, 0.717) is 11.6 Å². The highest BCUT2D eigenvalue weighted by atomic mass is 16.4. The summed E-state index contributed by atoms with van der Waals surface area (Å²) in [5, 5.41) is 9.18. The standard InChI is InChI=1S/C16H21N3O2/c1-11(2)18-8-4-3-5-14(18)15-17-9-13-7-6-12(16(20)21)10-19(13)15/h6-7,9-11,14H,3-5,8H2,1-2H3,(H,20,21). The Labute approximate surface area is 124 Å². The Morgan fingerprint density at radius 2 is 2.19 bits per heavy atom. The first-order valence-electron chi connectivity index (χ1n) is 7.54. The van der Waals surface area contributed by atoms with Crippen molar-refractivity contribution in [2.24, 2.45) is 0 Å². The van der Waals surface area contributed by atoms with Crippen molar-refractivity contribution in [1.29, 1.82) is 0 Å². The molecule has 3 heterocycles. The number of rotatable bonds is 3. The summed E-state index contributed by atoms with van der Waals surface area (Å²) in [5.41, 5.74) is 1.25. The van der Waals surface area contributed by atoms with E-state index in [1.807, 2.05) is 16.7 Å². The van der Waals surface area contributed by atoms with Gasteiger partial charge in [-0.05, 0) is 45.4 Å². The fourth-order valence-corrected chi connectivity index (χ4v) is 3.23. The van der Waals surface area contributed by atoms with Crippen molar-refractivity contribution < 1.29 is 9.90 Å². The largest absolute Gasteiger partial charge is 0.478 e. The minimum Gasteiger partial charge on any atom is -0.478 e. The molecule has 112 valence electrons. The molecule has 5 nitrogen and oxygen atoms in total. The third-order valence-electron chi connectivity index (χ3n) is 4.31. The highest BCUT2D eigenvalue weighted by Crippen LogP contribution is 2.32. The zero-order valence-electron chi connectivity index (χ0n) is 12.5. The van der Waals surface area contributed by atoms with E-state index in [9.17, 15) is 9.90 Å². The number of aromatic nitrogens is 2. The Morgan fingerprint density at radius 1 is 1.38 bits per heavy atom. The lowest BCUT2D eigenvalue weighted by Gasteiger charge is -2.37. The van der Waals surface area contributed by atoms with Gasteiger partial charge in [0.05, 0.1) is 23.3 Å². The molecule has 1 aliphatic heterocycles. The fraction of sp³-hybridized carbons (Fsp3) is 0.500. The first-order valence-corrected chi connectivity index (χ1v) is 7.54. The molecule has 0 aromatic carbocycles. The minimum atomic E-state index is -0.902. The molecule has 1 fully saturated rings. The highest BCUT2D eigenvalue weighted by molar-refractivity contribution is 5.87. The summed E-state index contributed by atoms with van der Waals surface area (Å²) in [6.07, 6.45) is 7.01. The maximum Gasteiger partial charge on any atom is 0.337 e. The molecule has 2 aromatic rings. The Morgan fingerprint density at radius 3 is 2.90 bits per heavy atom. The van der Waals surface area contributed by atoms with E-state index in [4.69, 9.17) is 0 Å². The lowest BCUT2D eigenvalue weighted by Crippen LogP contribution is -2.39. The summed E-state index contributed by atoms with van der Waals surface area (Å²) in [7, 11) is 0. The molecule has 1 unspecified atom stereocenters. The lowest BCUT2D eigenvalue weighted by molar-refractivity contribution is 0.0696. The fourth-order valence-electron chi connectivity index (χ4n) is 3.23. The molecule has 5 heteroatoms. The lowest BCUT2D eigenvalue weighted by atomic mass is 9.99. The molecule has 0 amide bonds. The van der Waals surface area contributed by atoms with Gasteiger partial charge in [-0.3, -0.25) is 4.90 Å². The monoisotopic (exact) mass is 287 g/mol. The summed E-state index contributed by atoms with van der Waals surface area (Å²) >= 11 is 0. The van der Waals surface area contributed by atoms with E-state index in [-0.39, 0.29) is 6.04 Å². The van der Waals surface area contributed by atoms with Gasteiger partial charge < -0.3 is 9.51 Å². The average Bonchev–Trinajstić information content (AvgIpc) is 2.89. The average molecular weight is 287 g/mol. The van der Waals surface area contributed by atoms with Crippen molar-refractivity contribution in [1.82, 2.24) is 14.3 Å². The van der Waals surface area contributed by atoms with Crippen molar-refractivity contribution >= 4 is 11.5 Å². The number of aromatic carboxylic acids is 1. The van der Waals surface area contributed by atoms with Crippen molar-refractivity contribution in [3.05, 3.63) is 35.9 Å². The van der Waals surface area contributed by atoms with Gasteiger partial charge in [0.1, 0.15) is 5.82 Å². The van der Waals surface area contributed by atoms with Crippen LogP contribution in [0.1, 0.15) is 55.3 Å². The van der Waals surface area contributed by atoms with Crippen LogP contribution in [-0.2, 0) is 0 Å². The van der Waals surface area contributed by atoms with Crippen molar-refractivity contribution in [3.63, 3.8) is 0 Å². The van der Waals surface area contributed by atoms with E-state index in [1.165, 1.54) is 12.8 Å². The first-order chi connectivity index (χ1) is 10.1. The molecule has 1 aliphatic rings. The van der Waals surface area contributed by atoms with Crippen LogP contribution in [0, 0.1) is 0 Å². The van der Waals surface area contributed by atoms with E-state index in [2.05, 4.69) is 23.7 Å². The van der Waals surface area contributed by atoms with Crippen molar-refractivity contribution in [2.75, 3.05) is 6.54 Å². The van der Waals surface area contributed by atoms with Gasteiger partial charge in [0.2, 0.25) is 0 Å². The molecule has 21 heavy (non-hydrogen) atoms. The second-order valence-electron chi connectivity index (χ2n) is 5.98. The molecule has 1 N–H and O–H groups in total. The van der Waals surface area contributed by atoms with Crippen molar-refractivity contribution in [2.45, 2.75) is 45.2 Å². The van der Waals surface area contributed by atoms with Gasteiger partial charge in [-0.15, -0.1) is 0 Å². The van der Waals surface area contributed by atoms with Gasteiger partial charge >= 0.3 is 5.97 Å². The Hall–Kier alpha value is -1.88. The number of carboxylic acid groups (broad SMARTS) is 1. The number of carboxylic acids is 1. The molecule has 0 saturated carbocycles. The normalized spacial score (nSPS) is 20.2. The number of likely N-dealkylation sites (tertiary alicyclic amines) is 1. The van der Waals surface area contributed by atoms with Crippen LogP contribution >= 0.6 is 0 Å². The van der Waals surface area contributed by atoms with Crippen LogP contribution in [0.25, 0.3) is 5.52 Å². The minimum absolute atomic E-state index is 0.269. The summed E-state index contributed by atoms with van der Waals surface area (Å²) in [4.78, 5) is 18.2. The first kappa shape index (κ1) is 14.1. The molecule has 0 radical (unpaired) electrons. The summed E-state index contributed by atoms with van der Waals surface area (Å²) < 4.78 is 1.94. The Bertz CT molecular complexity index is 663. The van der Waals surface area contributed by atoms with Gasteiger partial charge in [-0.25, -0.2) is 9.78 Å². The van der Waals surface area contributed by atoms with E-state index < -0.39 is 5.97 Å². The van der Waals surface area contributed by atoms with Crippen LogP contribution in [-0.4, -0.2) is 37.9 Å². The number of hydrogen-bond acceptors (Lipinski definition) is 3. The van der Waals surface area contributed by atoms with Gasteiger partial charge in [0, 0.05) is 12.2 Å². The predicted molar refractivity (Wildman–Crippen MR) is 80.6 cm³/mol. The molecular weight excluding hydrogens is 266 g/mol. The number of hydrogen-bond donors (Lipinski definition) is 1. The number of piperidine rings is 1. The van der Waals surface area contributed by atoms with Crippen LogP contribution in [0.2, 0.25) is 0 Å². The molecule has 1 saturated heterocycles. The van der Waals surface area contributed by atoms with E-state index in [0.717, 1.165) is 24.3 Å². The smallest absolute Gasteiger partial charge is 0.337 e. The summed E-state index contributed by atoms with van der Waals surface area (Å²) in [6.45, 7) is 5.49. The van der Waals surface area contributed by atoms with Gasteiger partial charge in [-0.1, -0.05) is 6.42 Å². The third kappa shape index (κ3) is 2.53. The predicted octanol–water partition coefficient (Wildman–Crippen LogP) is 2.97. The number of pyridine rings is 1. The van der Waals surface area contributed by atoms with Crippen LogP contribution < -0.4 is 0 Å². The molecule has 1 atom stereocenters. The maximum atomic E-state index is 11.2. The van der Waals surface area contributed by atoms with Crippen LogP contribution in [0.15, 0.2) is 24.5 Å². The topological polar surface area (TPSA) is 57.8 Å². The van der Waals surface area contributed by atoms with Crippen LogP contribution in [0.3, 0.4) is 0 Å². The van der Waals surface area contributed by atoms with E-state index >= 15 is 0 Å². The van der Waals surface area contributed by atoms with Crippen molar-refractivity contribution in [3.8, 4) is 0 Å². The second-order valence-corrected chi connectivity index (χ2v) is 5.98. The third-order valence-corrected chi connectivity index (χ3v) is 4.31. The second kappa shape index (κ2) is 5.48. The Kier molecular flexibility index (Phi) is 3.68. The molecule has 0 bridgehead atoms. The van der Waals surface area contributed by atoms with Gasteiger partial charge in [0.15, 0.2) is 0 Å². The van der Waals surface area contributed by atoms with E-state index in [1.54, 1.807) is 12.3 Å². The van der Waals surface area contributed by atoms with Gasteiger partial charge in [-0.2, -0.15) is 0 Å². The Balaban J connectivity index is 2.06. The van der Waals surface area contributed by atoms with Crippen LogP contribution in [0.5, 0.6) is 0 Å². The number of nitrogens with zero attached hydrogens (tertiary/aromatic N) is 3. The molecule has 0 aliphatic carbocycles. The van der Waals surface area contributed by atoms with Gasteiger partial charge in [0.25, 0.3) is 0 Å². The summed E-state index contributed by atoms with van der Waals surface area (Å²) in [5.74, 6) is 0.0578. The molecular formula is C16H21N3O2. The molecule has 0 spiro atoms. The molecule has 3 rings (SSSR count). The number of imidazole rings is 1. The maximum absolute atomic E-state index is 11.2. The highest BCUT2D eigenvalue weighted by Gasteiger charge is 2.29. The molecule has 2 aromatic heterocycles.